The van der Waals surface area contributed by atoms with E-state index in [4.69, 9.17) is 0 Å². The van der Waals surface area contributed by atoms with Crippen molar-refractivity contribution in [2.75, 3.05) is 26.7 Å². The second-order valence-corrected chi connectivity index (χ2v) is 5.53. The molecule has 1 aromatic rings. The maximum atomic E-state index is 12.2. The van der Waals surface area contributed by atoms with Gasteiger partial charge in [-0.25, -0.2) is 0 Å². The largest absolute Gasteiger partial charge is 0.435 e. The number of carbonyl (C=O) groups is 1. The zero-order valence-electron chi connectivity index (χ0n) is 13.9. The van der Waals surface area contributed by atoms with Crippen LogP contribution in [0.3, 0.4) is 0 Å². The van der Waals surface area contributed by atoms with Crippen LogP contribution in [0, 0.1) is 0 Å². The molecule has 0 aliphatic carbocycles. The molecule has 1 amide bonds. The number of halogens is 2. The van der Waals surface area contributed by atoms with Crippen molar-refractivity contribution < 1.29 is 18.3 Å². The van der Waals surface area contributed by atoms with Crippen LogP contribution in [0.5, 0.6) is 5.75 Å². The second kappa shape index (κ2) is 9.25. The van der Waals surface area contributed by atoms with E-state index in [2.05, 4.69) is 11.3 Å². The van der Waals surface area contributed by atoms with Crippen molar-refractivity contribution in [2.24, 2.45) is 0 Å². The third-order valence-electron chi connectivity index (χ3n) is 3.29. The molecular weight excluding hydrogens is 302 g/mol. The Labute approximate surface area is 136 Å². The molecule has 0 N–H and O–H groups in total. The van der Waals surface area contributed by atoms with E-state index < -0.39 is 6.61 Å². The highest BCUT2D eigenvalue weighted by molar-refractivity contribution is 5.78. The average molecular weight is 326 g/mol. The normalized spacial score (nSPS) is 10.9. The summed E-state index contributed by atoms with van der Waals surface area (Å²) in [7, 11) is 1.72. The van der Waals surface area contributed by atoms with Crippen LogP contribution in [-0.2, 0) is 11.3 Å². The van der Waals surface area contributed by atoms with Gasteiger partial charge in [-0.1, -0.05) is 31.2 Å². The third kappa shape index (κ3) is 7.23. The number of benzene rings is 1. The number of amides is 1. The van der Waals surface area contributed by atoms with Crippen molar-refractivity contribution in [3.8, 4) is 5.75 Å². The van der Waals surface area contributed by atoms with Crippen molar-refractivity contribution in [1.82, 2.24) is 9.80 Å². The van der Waals surface area contributed by atoms with Crippen LogP contribution in [0.15, 0.2) is 36.4 Å². The lowest BCUT2D eigenvalue weighted by molar-refractivity contribution is -0.131. The summed E-state index contributed by atoms with van der Waals surface area (Å²) in [4.78, 5) is 15.9. The van der Waals surface area contributed by atoms with Crippen LogP contribution in [0.4, 0.5) is 8.78 Å². The molecule has 0 fully saturated rings. The Bertz CT molecular complexity index is 518. The monoisotopic (exact) mass is 326 g/mol. The Morgan fingerprint density at radius 3 is 2.35 bits per heavy atom. The van der Waals surface area contributed by atoms with Gasteiger partial charge in [0.15, 0.2) is 0 Å². The molecule has 0 heterocycles. The highest BCUT2D eigenvalue weighted by Gasteiger charge is 2.14. The van der Waals surface area contributed by atoms with Crippen molar-refractivity contribution in [1.29, 1.82) is 0 Å². The highest BCUT2D eigenvalue weighted by Crippen LogP contribution is 2.15. The summed E-state index contributed by atoms with van der Waals surface area (Å²) >= 11 is 0. The van der Waals surface area contributed by atoms with Crippen molar-refractivity contribution >= 4 is 5.91 Å². The molecule has 0 spiro atoms. The van der Waals surface area contributed by atoms with Gasteiger partial charge in [0.25, 0.3) is 0 Å². The summed E-state index contributed by atoms with van der Waals surface area (Å²) in [6.07, 6.45) is 0. The van der Waals surface area contributed by atoms with Gasteiger partial charge in [-0.3, -0.25) is 9.69 Å². The summed E-state index contributed by atoms with van der Waals surface area (Å²) in [6.45, 7) is 7.15. The van der Waals surface area contributed by atoms with Crippen LogP contribution >= 0.6 is 0 Å². The molecule has 0 bridgehead atoms. The lowest BCUT2D eigenvalue weighted by Crippen LogP contribution is -2.38. The van der Waals surface area contributed by atoms with Crippen LogP contribution in [0.1, 0.15) is 19.4 Å². The molecule has 0 atom stereocenters. The molecule has 0 saturated heterocycles. The molecule has 0 aliphatic rings. The maximum absolute atomic E-state index is 12.2. The second-order valence-electron chi connectivity index (χ2n) is 5.53. The predicted octanol–water partition coefficient (Wildman–Crippen LogP) is 3.14. The van der Waals surface area contributed by atoms with Crippen LogP contribution in [-0.4, -0.2) is 49.0 Å². The Balaban J connectivity index is 2.55. The number of ether oxygens (including phenoxy) is 1. The van der Waals surface area contributed by atoms with E-state index >= 15 is 0 Å². The maximum Gasteiger partial charge on any atom is 0.387 e. The molecule has 0 aliphatic heterocycles. The molecule has 0 aromatic heterocycles. The Kier molecular flexibility index (Phi) is 7.68. The predicted molar refractivity (Wildman–Crippen MR) is 86.5 cm³/mol. The number of hydrogen-bond acceptors (Lipinski definition) is 3. The zero-order valence-corrected chi connectivity index (χ0v) is 13.9. The summed E-state index contributed by atoms with van der Waals surface area (Å²) in [5.74, 6) is 0.109. The van der Waals surface area contributed by atoms with E-state index in [-0.39, 0.29) is 11.7 Å². The van der Waals surface area contributed by atoms with E-state index in [1.54, 1.807) is 24.1 Å². The van der Waals surface area contributed by atoms with Gasteiger partial charge < -0.3 is 9.64 Å². The standard InChI is InChI=1S/C17H24F2N2O2/c1-5-21(10-13(2)3)12-16(22)20(4)11-14-6-8-15(9-7-14)23-17(18)19/h6-9,17H,2,5,10-12H2,1,3-4H3. The van der Waals surface area contributed by atoms with E-state index in [1.165, 1.54) is 12.1 Å². The minimum Gasteiger partial charge on any atom is -0.435 e. The number of hydrogen-bond donors (Lipinski definition) is 0. The molecule has 128 valence electrons. The quantitative estimate of drug-likeness (QED) is 0.654. The summed E-state index contributed by atoms with van der Waals surface area (Å²) in [5, 5.41) is 0. The first-order chi connectivity index (χ1) is 10.8. The van der Waals surface area contributed by atoms with Crippen molar-refractivity contribution in [3.05, 3.63) is 42.0 Å². The first-order valence-corrected chi connectivity index (χ1v) is 7.46. The molecule has 0 saturated carbocycles. The van der Waals surface area contributed by atoms with Crippen LogP contribution in [0.2, 0.25) is 0 Å². The van der Waals surface area contributed by atoms with Gasteiger partial charge in [0.2, 0.25) is 5.91 Å². The lowest BCUT2D eigenvalue weighted by Gasteiger charge is -2.24. The van der Waals surface area contributed by atoms with E-state index in [0.717, 1.165) is 17.7 Å². The van der Waals surface area contributed by atoms with E-state index in [1.807, 2.05) is 18.7 Å². The number of nitrogens with zero attached hydrogens (tertiary/aromatic N) is 2. The Hall–Kier alpha value is -1.95. The Morgan fingerprint density at radius 1 is 1.26 bits per heavy atom. The molecule has 23 heavy (non-hydrogen) atoms. The minimum absolute atomic E-state index is 0.000932. The van der Waals surface area contributed by atoms with Gasteiger partial charge in [-0.2, -0.15) is 8.78 Å². The number of likely N-dealkylation sites (N-methyl/N-ethyl adjacent to an activating group) is 2. The number of carbonyl (C=O) groups excluding carboxylic acids is 1. The molecule has 1 rings (SSSR count). The molecule has 0 unspecified atom stereocenters. The van der Waals surface area contributed by atoms with Gasteiger partial charge in [-0.15, -0.1) is 0 Å². The fourth-order valence-electron chi connectivity index (χ4n) is 2.11. The van der Waals surface area contributed by atoms with Crippen LogP contribution < -0.4 is 4.74 Å². The molecule has 6 heteroatoms. The number of alkyl halides is 2. The number of rotatable bonds is 9. The highest BCUT2D eigenvalue weighted by atomic mass is 19.3. The Morgan fingerprint density at radius 2 is 1.87 bits per heavy atom. The average Bonchev–Trinajstić information content (AvgIpc) is 2.47. The van der Waals surface area contributed by atoms with Gasteiger partial charge in [0.1, 0.15) is 5.75 Å². The van der Waals surface area contributed by atoms with Gasteiger partial charge >= 0.3 is 6.61 Å². The van der Waals surface area contributed by atoms with Gasteiger partial charge in [0.05, 0.1) is 6.54 Å². The first-order valence-electron chi connectivity index (χ1n) is 7.46. The molecule has 0 radical (unpaired) electrons. The molecular formula is C17H24F2N2O2. The summed E-state index contributed by atoms with van der Waals surface area (Å²) in [6, 6.07) is 6.29. The van der Waals surface area contributed by atoms with Crippen LogP contribution in [0.25, 0.3) is 0 Å². The minimum atomic E-state index is -2.83. The van der Waals surface area contributed by atoms with Crippen molar-refractivity contribution in [2.45, 2.75) is 27.0 Å². The fraction of sp³-hybridized carbons (Fsp3) is 0.471. The SMILES string of the molecule is C=C(C)CN(CC)CC(=O)N(C)Cc1ccc(OC(F)F)cc1. The lowest BCUT2D eigenvalue weighted by atomic mass is 10.2. The summed E-state index contributed by atoms with van der Waals surface area (Å²) < 4.78 is 28.5. The third-order valence-corrected chi connectivity index (χ3v) is 3.29. The topological polar surface area (TPSA) is 32.8 Å². The fourth-order valence-corrected chi connectivity index (χ4v) is 2.11. The first kappa shape index (κ1) is 19.1. The van der Waals surface area contributed by atoms with Gasteiger partial charge in [-0.05, 0) is 31.2 Å². The van der Waals surface area contributed by atoms with E-state index in [9.17, 15) is 13.6 Å². The van der Waals surface area contributed by atoms with Crippen molar-refractivity contribution in [3.63, 3.8) is 0 Å². The molecule has 1 aromatic carbocycles. The smallest absolute Gasteiger partial charge is 0.387 e. The zero-order chi connectivity index (χ0) is 17.4. The summed E-state index contributed by atoms with van der Waals surface area (Å²) in [5.41, 5.74) is 1.86. The van der Waals surface area contributed by atoms with Gasteiger partial charge in [0, 0.05) is 20.1 Å². The van der Waals surface area contributed by atoms with E-state index in [0.29, 0.717) is 19.6 Å². The molecule has 4 nitrogen and oxygen atoms in total.